The molecule has 1 amide bonds. The Morgan fingerprint density at radius 1 is 0.938 bits per heavy atom. The predicted octanol–water partition coefficient (Wildman–Crippen LogP) is 5.16. The first kappa shape index (κ1) is 23.1. The standard InChI is InChI=1S/C22H19F3N2O4S/c1-2-31-19-12-10-17(11-13-19)26-21(28)15-6-8-18(9-7-15)27-32(29,30)20-5-3-4-16(14-20)22(23,24)25/h3-14,27H,2H2,1H3,(H,26,28). The highest BCUT2D eigenvalue weighted by atomic mass is 32.2. The molecule has 3 aromatic carbocycles. The van der Waals surface area contributed by atoms with Gasteiger partial charge in [0.05, 0.1) is 17.1 Å². The number of benzene rings is 3. The van der Waals surface area contributed by atoms with Crippen molar-refractivity contribution in [3.63, 3.8) is 0 Å². The summed E-state index contributed by atoms with van der Waals surface area (Å²) in [7, 11) is -4.25. The van der Waals surface area contributed by atoms with Gasteiger partial charge in [0.1, 0.15) is 5.75 Å². The van der Waals surface area contributed by atoms with Crippen LogP contribution in [-0.4, -0.2) is 20.9 Å². The second-order valence-electron chi connectivity index (χ2n) is 6.62. The van der Waals surface area contributed by atoms with E-state index < -0.39 is 32.6 Å². The van der Waals surface area contributed by atoms with Gasteiger partial charge in [-0.25, -0.2) is 8.42 Å². The summed E-state index contributed by atoms with van der Waals surface area (Å²) in [6, 6.07) is 15.7. The minimum Gasteiger partial charge on any atom is -0.494 e. The van der Waals surface area contributed by atoms with Crippen LogP contribution in [0.3, 0.4) is 0 Å². The third-order valence-corrected chi connectivity index (χ3v) is 5.67. The molecule has 0 heterocycles. The Bertz CT molecular complexity index is 1190. The van der Waals surface area contributed by atoms with Crippen molar-refractivity contribution < 1.29 is 31.1 Å². The van der Waals surface area contributed by atoms with E-state index in [1.165, 1.54) is 24.3 Å². The van der Waals surface area contributed by atoms with Gasteiger partial charge in [0, 0.05) is 16.9 Å². The molecule has 0 aliphatic rings. The molecule has 2 N–H and O–H groups in total. The molecule has 6 nitrogen and oxygen atoms in total. The molecule has 0 saturated carbocycles. The van der Waals surface area contributed by atoms with Crippen molar-refractivity contribution in [2.24, 2.45) is 0 Å². The van der Waals surface area contributed by atoms with Crippen LogP contribution < -0.4 is 14.8 Å². The summed E-state index contributed by atoms with van der Waals surface area (Å²) >= 11 is 0. The van der Waals surface area contributed by atoms with E-state index in [4.69, 9.17) is 4.74 Å². The van der Waals surface area contributed by atoms with E-state index in [0.717, 1.165) is 18.2 Å². The second-order valence-corrected chi connectivity index (χ2v) is 8.30. The van der Waals surface area contributed by atoms with Crippen LogP contribution in [0.15, 0.2) is 77.7 Å². The third kappa shape index (κ3) is 5.79. The van der Waals surface area contributed by atoms with E-state index in [-0.39, 0.29) is 11.3 Å². The largest absolute Gasteiger partial charge is 0.494 e. The quantitative estimate of drug-likeness (QED) is 0.506. The number of hydrogen-bond acceptors (Lipinski definition) is 4. The van der Waals surface area contributed by atoms with E-state index >= 15 is 0 Å². The summed E-state index contributed by atoms with van der Waals surface area (Å²) < 4.78 is 71.0. The Morgan fingerprint density at radius 3 is 2.16 bits per heavy atom. The molecule has 0 unspecified atom stereocenters. The Kier molecular flexibility index (Phi) is 6.73. The maximum absolute atomic E-state index is 12.9. The first-order valence-corrected chi connectivity index (χ1v) is 10.9. The van der Waals surface area contributed by atoms with Crippen molar-refractivity contribution in [1.29, 1.82) is 0 Å². The van der Waals surface area contributed by atoms with Crippen LogP contribution in [0.4, 0.5) is 24.5 Å². The van der Waals surface area contributed by atoms with Gasteiger partial charge in [0.15, 0.2) is 0 Å². The number of amides is 1. The number of carbonyl (C=O) groups is 1. The molecule has 0 aromatic heterocycles. The van der Waals surface area contributed by atoms with E-state index in [2.05, 4.69) is 10.0 Å². The number of hydrogen-bond donors (Lipinski definition) is 2. The molecule has 0 bridgehead atoms. The molecule has 0 aliphatic heterocycles. The summed E-state index contributed by atoms with van der Waals surface area (Å²) in [5.74, 6) is 0.254. The lowest BCUT2D eigenvalue weighted by Gasteiger charge is -2.11. The number of carbonyl (C=O) groups excluding carboxylic acids is 1. The van der Waals surface area contributed by atoms with Crippen molar-refractivity contribution in [3.8, 4) is 5.75 Å². The number of rotatable bonds is 7. The fourth-order valence-electron chi connectivity index (χ4n) is 2.75. The number of sulfonamides is 1. The van der Waals surface area contributed by atoms with Crippen molar-refractivity contribution >= 4 is 27.3 Å². The van der Waals surface area contributed by atoms with Gasteiger partial charge in [-0.3, -0.25) is 9.52 Å². The van der Waals surface area contributed by atoms with E-state index in [0.29, 0.717) is 24.1 Å². The molecule has 10 heteroatoms. The van der Waals surface area contributed by atoms with E-state index in [1.807, 2.05) is 6.92 Å². The van der Waals surface area contributed by atoms with Crippen molar-refractivity contribution in [3.05, 3.63) is 83.9 Å². The van der Waals surface area contributed by atoms with Crippen molar-refractivity contribution in [2.45, 2.75) is 18.0 Å². The van der Waals surface area contributed by atoms with Crippen LogP contribution >= 0.6 is 0 Å². The normalized spacial score (nSPS) is 11.6. The number of nitrogens with one attached hydrogen (secondary N) is 2. The molecule has 3 aromatic rings. The molecular weight excluding hydrogens is 445 g/mol. The van der Waals surface area contributed by atoms with Gasteiger partial charge in [0.25, 0.3) is 15.9 Å². The smallest absolute Gasteiger partial charge is 0.416 e. The van der Waals surface area contributed by atoms with Crippen molar-refractivity contribution in [1.82, 2.24) is 0 Å². The van der Waals surface area contributed by atoms with Crippen LogP contribution in [0.25, 0.3) is 0 Å². The molecule has 0 saturated heterocycles. The third-order valence-electron chi connectivity index (χ3n) is 4.29. The van der Waals surface area contributed by atoms with Gasteiger partial charge in [-0.05, 0) is 73.7 Å². The Balaban J connectivity index is 1.69. The maximum atomic E-state index is 12.9. The zero-order valence-electron chi connectivity index (χ0n) is 16.8. The summed E-state index contributed by atoms with van der Waals surface area (Å²) in [5.41, 5.74) is -0.157. The van der Waals surface area contributed by atoms with Gasteiger partial charge in [-0.1, -0.05) is 6.07 Å². The highest BCUT2D eigenvalue weighted by Gasteiger charge is 2.31. The summed E-state index contributed by atoms with van der Waals surface area (Å²) in [4.78, 5) is 11.9. The van der Waals surface area contributed by atoms with E-state index in [1.54, 1.807) is 24.3 Å². The topological polar surface area (TPSA) is 84.5 Å². The number of anilines is 2. The molecule has 0 radical (unpaired) electrons. The monoisotopic (exact) mass is 464 g/mol. The lowest BCUT2D eigenvalue weighted by Crippen LogP contribution is -2.15. The van der Waals surface area contributed by atoms with Crippen LogP contribution in [-0.2, 0) is 16.2 Å². The molecule has 3 rings (SSSR count). The first-order chi connectivity index (χ1) is 15.1. The fourth-order valence-corrected chi connectivity index (χ4v) is 3.85. The Morgan fingerprint density at radius 2 is 1.56 bits per heavy atom. The zero-order valence-corrected chi connectivity index (χ0v) is 17.6. The molecule has 32 heavy (non-hydrogen) atoms. The van der Waals surface area contributed by atoms with Crippen LogP contribution in [0.1, 0.15) is 22.8 Å². The fraction of sp³-hybridized carbons (Fsp3) is 0.136. The molecular formula is C22H19F3N2O4S. The lowest BCUT2D eigenvalue weighted by molar-refractivity contribution is -0.137. The number of alkyl halides is 3. The molecule has 168 valence electrons. The SMILES string of the molecule is CCOc1ccc(NC(=O)c2ccc(NS(=O)(=O)c3cccc(C(F)(F)F)c3)cc2)cc1. The van der Waals surface area contributed by atoms with E-state index in [9.17, 15) is 26.4 Å². The molecule has 0 fully saturated rings. The van der Waals surface area contributed by atoms with Crippen LogP contribution in [0.5, 0.6) is 5.75 Å². The summed E-state index contributed by atoms with van der Waals surface area (Å²) in [6.07, 6.45) is -4.66. The Labute approximate surface area is 183 Å². The second kappa shape index (κ2) is 9.31. The van der Waals surface area contributed by atoms with Gasteiger partial charge in [0.2, 0.25) is 0 Å². The highest BCUT2D eigenvalue weighted by Crippen LogP contribution is 2.31. The summed E-state index contributed by atoms with van der Waals surface area (Å²) in [6.45, 7) is 2.38. The van der Waals surface area contributed by atoms with Crippen LogP contribution in [0, 0.1) is 0 Å². The maximum Gasteiger partial charge on any atom is 0.416 e. The average molecular weight is 464 g/mol. The van der Waals surface area contributed by atoms with Crippen molar-refractivity contribution in [2.75, 3.05) is 16.6 Å². The summed E-state index contributed by atoms with van der Waals surface area (Å²) in [5, 5.41) is 2.70. The minimum atomic E-state index is -4.66. The lowest BCUT2D eigenvalue weighted by atomic mass is 10.2. The zero-order chi connectivity index (χ0) is 23.4. The average Bonchev–Trinajstić information content (AvgIpc) is 2.75. The van der Waals surface area contributed by atoms with Gasteiger partial charge in [-0.15, -0.1) is 0 Å². The van der Waals surface area contributed by atoms with Gasteiger partial charge in [-0.2, -0.15) is 13.2 Å². The van der Waals surface area contributed by atoms with Crippen LogP contribution in [0.2, 0.25) is 0 Å². The first-order valence-electron chi connectivity index (χ1n) is 9.43. The predicted molar refractivity (Wildman–Crippen MR) is 114 cm³/mol. The Hall–Kier alpha value is -3.53. The molecule has 0 aliphatic carbocycles. The van der Waals surface area contributed by atoms with Gasteiger partial charge < -0.3 is 10.1 Å². The highest BCUT2D eigenvalue weighted by molar-refractivity contribution is 7.92. The number of halogens is 3. The number of ether oxygens (including phenoxy) is 1. The molecule has 0 spiro atoms. The van der Waals surface area contributed by atoms with Gasteiger partial charge >= 0.3 is 6.18 Å². The molecule has 0 atom stereocenters. The minimum absolute atomic E-state index is 0.0972.